The Kier molecular flexibility index (Phi) is 8.31. The second kappa shape index (κ2) is 12.0. The highest BCUT2D eigenvalue weighted by Crippen LogP contribution is 2.48. The van der Waals surface area contributed by atoms with Crippen LogP contribution in [0.4, 0.5) is 0 Å². The van der Waals surface area contributed by atoms with Crippen molar-refractivity contribution in [3.63, 3.8) is 0 Å². The summed E-state index contributed by atoms with van der Waals surface area (Å²) >= 11 is 1.38. The van der Waals surface area contributed by atoms with Gasteiger partial charge < -0.3 is 15.7 Å². The molecule has 1 aromatic heterocycles. The number of Topliss-reactive ketones (excluding diaryl/α,β-unsaturated/α-hetero) is 1. The molecule has 1 amide bonds. The van der Waals surface area contributed by atoms with Gasteiger partial charge in [-0.1, -0.05) is 90.0 Å². The Balaban J connectivity index is 1.80. The summed E-state index contributed by atoms with van der Waals surface area (Å²) in [5.41, 5.74) is 8.94. The molecule has 0 aliphatic heterocycles. The number of carbonyl (C=O) groups excluding carboxylic acids is 2. The van der Waals surface area contributed by atoms with Crippen LogP contribution in [0.25, 0.3) is 21.2 Å². The third-order valence-corrected chi connectivity index (χ3v) is 8.99. The topological polar surface area (TPSA) is 101 Å². The van der Waals surface area contributed by atoms with Crippen LogP contribution in [0.2, 0.25) is 0 Å². The Morgan fingerprint density at radius 1 is 0.837 bits per heavy atom. The van der Waals surface area contributed by atoms with E-state index in [9.17, 15) is 19.5 Å². The minimum absolute atomic E-state index is 0.344. The second-order valence-electron chi connectivity index (χ2n) is 11.1. The van der Waals surface area contributed by atoms with Gasteiger partial charge in [-0.25, -0.2) is 4.79 Å². The van der Waals surface area contributed by atoms with Gasteiger partial charge in [0, 0.05) is 22.9 Å². The molecule has 0 aliphatic carbocycles. The van der Waals surface area contributed by atoms with Gasteiger partial charge in [-0.3, -0.25) is 9.59 Å². The summed E-state index contributed by atoms with van der Waals surface area (Å²) in [6.45, 7) is 5.33. The lowest BCUT2D eigenvalue weighted by Gasteiger charge is -2.44. The molecule has 6 nitrogen and oxygen atoms in total. The van der Waals surface area contributed by atoms with Crippen molar-refractivity contribution in [1.82, 2.24) is 4.90 Å². The molecular weight excluding hydrogens is 556 g/mol. The third kappa shape index (κ3) is 5.38. The van der Waals surface area contributed by atoms with Crippen molar-refractivity contribution in [2.45, 2.75) is 38.3 Å². The van der Waals surface area contributed by atoms with E-state index in [-0.39, 0.29) is 0 Å². The number of carbonyl (C=O) groups is 3. The molecule has 43 heavy (non-hydrogen) atoms. The number of amides is 1. The van der Waals surface area contributed by atoms with E-state index in [0.717, 1.165) is 27.0 Å². The van der Waals surface area contributed by atoms with Gasteiger partial charge in [-0.15, -0.1) is 11.3 Å². The maximum atomic E-state index is 14.3. The highest BCUT2D eigenvalue weighted by atomic mass is 32.1. The normalized spacial score (nSPS) is 14.1. The highest BCUT2D eigenvalue weighted by molar-refractivity contribution is 7.17. The van der Waals surface area contributed by atoms with E-state index >= 15 is 0 Å². The number of likely N-dealkylation sites (N-methyl/N-ethyl adjacent to an activating group) is 1. The van der Waals surface area contributed by atoms with E-state index in [1.165, 1.54) is 23.3 Å². The fourth-order valence-corrected chi connectivity index (χ4v) is 7.02. The van der Waals surface area contributed by atoms with Crippen LogP contribution in [0.1, 0.15) is 45.5 Å². The summed E-state index contributed by atoms with van der Waals surface area (Å²) in [5, 5.41) is 13.8. The van der Waals surface area contributed by atoms with Gasteiger partial charge in [0.2, 0.25) is 0 Å². The number of aryl methyl sites for hydroxylation is 2. The fraction of sp³-hybridized carbons (Fsp3) is 0.194. The smallest absolute Gasteiger partial charge is 0.335 e. The molecule has 0 bridgehead atoms. The van der Waals surface area contributed by atoms with Crippen molar-refractivity contribution in [3.05, 3.63) is 130 Å². The zero-order chi connectivity index (χ0) is 30.9. The molecule has 1 unspecified atom stereocenters. The quantitative estimate of drug-likeness (QED) is 0.194. The van der Waals surface area contributed by atoms with E-state index in [4.69, 9.17) is 5.73 Å². The molecule has 5 aromatic rings. The van der Waals surface area contributed by atoms with E-state index in [2.05, 4.69) is 0 Å². The van der Waals surface area contributed by atoms with Crippen molar-refractivity contribution in [1.29, 1.82) is 0 Å². The number of nitrogens with two attached hydrogens (primary N) is 1. The van der Waals surface area contributed by atoms with Gasteiger partial charge in [-0.05, 0) is 66.4 Å². The Hall–Kier alpha value is -4.59. The van der Waals surface area contributed by atoms with Crippen LogP contribution < -0.4 is 5.73 Å². The molecule has 0 fully saturated rings. The molecule has 4 aromatic carbocycles. The van der Waals surface area contributed by atoms with Crippen molar-refractivity contribution >= 4 is 39.1 Å². The van der Waals surface area contributed by atoms with Crippen LogP contribution in [0.5, 0.6) is 0 Å². The first-order valence-electron chi connectivity index (χ1n) is 14.1. The number of thiophene rings is 1. The average molecular weight is 591 g/mol. The first-order valence-corrected chi connectivity index (χ1v) is 14.9. The standard InChI is InChI=1S/C36H34N2O4S/c1-22-18-23(2)20-28(19-22)34(40)38(4)36(35(41)42,30-21-43-31-13-9-8-12-29(30)31)32(33(39)24(3)37)27-16-14-26(15-17-27)25-10-6-5-7-11-25/h5-21,24,32H,37H2,1-4H3,(H,41,42)/t24-,32?,36-/m0/s1. The summed E-state index contributed by atoms with van der Waals surface area (Å²) in [5.74, 6) is -3.62. The van der Waals surface area contributed by atoms with Crippen LogP contribution in [0.15, 0.2) is 102 Å². The number of carboxylic acids is 1. The molecule has 0 spiro atoms. The van der Waals surface area contributed by atoms with E-state index in [0.29, 0.717) is 22.1 Å². The lowest BCUT2D eigenvalue weighted by atomic mass is 9.69. The minimum atomic E-state index is -2.12. The van der Waals surface area contributed by atoms with Crippen molar-refractivity contribution in [3.8, 4) is 11.1 Å². The monoisotopic (exact) mass is 590 g/mol. The molecular formula is C36H34N2O4S. The summed E-state index contributed by atoms with van der Waals surface area (Å²) in [7, 11) is 1.47. The van der Waals surface area contributed by atoms with Gasteiger partial charge in [0.05, 0.1) is 12.0 Å². The van der Waals surface area contributed by atoms with Crippen LogP contribution >= 0.6 is 11.3 Å². The van der Waals surface area contributed by atoms with E-state index in [1.54, 1.807) is 36.6 Å². The molecule has 1 heterocycles. The van der Waals surface area contributed by atoms with Crippen LogP contribution in [0, 0.1) is 13.8 Å². The molecule has 0 radical (unpaired) electrons. The van der Waals surface area contributed by atoms with Crippen molar-refractivity contribution < 1.29 is 19.5 Å². The van der Waals surface area contributed by atoms with Gasteiger partial charge in [0.15, 0.2) is 11.3 Å². The summed E-state index contributed by atoms with van der Waals surface area (Å²) in [6.07, 6.45) is 0. The first kappa shape index (κ1) is 29.9. The summed E-state index contributed by atoms with van der Waals surface area (Å²) in [4.78, 5) is 43.7. The molecule has 7 heteroatoms. The first-order chi connectivity index (χ1) is 20.5. The molecule has 0 aliphatic rings. The molecule has 218 valence electrons. The number of benzene rings is 4. The van der Waals surface area contributed by atoms with Gasteiger partial charge >= 0.3 is 5.97 Å². The summed E-state index contributed by atoms with van der Waals surface area (Å²) in [6, 6.07) is 28.9. The Labute approximate surface area is 255 Å². The number of aliphatic carboxylic acids is 1. The van der Waals surface area contributed by atoms with Crippen LogP contribution in [-0.2, 0) is 15.1 Å². The second-order valence-corrected chi connectivity index (χ2v) is 12.0. The highest BCUT2D eigenvalue weighted by Gasteiger charge is 2.57. The maximum Gasteiger partial charge on any atom is 0.335 e. The van der Waals surface area contributed by atoms with Gasteiger partial charge in [0.25, 0.3) is 5.91 Å². The SMILES string of the molecule is Cc1cc(C)cc(C(=O)N(C)[C@@](C(=O)O)(c2csc3ccccc23)C(C(=O)[C@H](C)N)c2ccc(-c3ccccc3)cc2)c1. The van der Waals surface area contributed by atoms with E-state index in [1.807, 2.05) is 86.6 Å². The molecule has 3 N–H and O–H groups in total. The number of rotatable bonds is 9. The zero-order valence-corrected chi connectivity index (χ0v) is 25.4. The van der Waals surface area contributed by atoms with Gasteiger partial charge in [0.1, 0.15) is 0 Å². The van der Waals surface area contributed by atoms with Crippen molar-refractivity contribution in [2.75, 3.05) is 7.05 Å². The Morgan fingerprint density at radius 3 is 2.02 bits per heavy atom. The third-order valence-electron chi connectivity index (χ3n) is 8.02. The Morgan fingerprint density at radius 2 is 1.42 bits per heavy atom. The molecule has 0 saturated carbocycles. The zero-order valence-electron chi connectivity index (χ0n) is 24.6. The number of carboxylic acid groups (broad SMARTS) is 1. The number of nitrogens with zero attached hydrogens (tertiary/aromatic N) is 1. The number of ketones is 1. The van der Waals surface area contributed by atoms with Gasteiger partial charge in [-0.2, -0.15) is 0 Å². The number of hydrogen-bond donors (Lipinski definition) is 2. The fourth-order valence-electron chi connectivity index (χ4n) is 6.01. The minimum Gasteiger partial charge on any atom is -0.479 e. The number of fused-ring (bicyclic) bond motifs is 1. The lowest BCUT2D eigenvalue weighted by Crippen LogP contribution is -2.59. The molecule has 0 saturated heterocycles. The predicted molar refractivity (Wildman–Crippen MR) is 172 cm³/mol. The van der Waals surface area contributed by atoms with Crippen molar-refractivity contribution in [2.24, 2.45) is 5.73 Å². The lowest BCUT2D eigenvalue weighted by molar-refractivity contribution is -0.154. The molecule has 3 atom stereocenters. The summed E-state index contributed by atoms with van der Waals surface area (Å²) < 4.78 is 0.849. The average Bonchev–Trinajstić information content (AvgIpc) is 3.43. The van der Waals surface area contributed by atoms with Crippen LogP contribution in [-0.4, -0.2) is 40.8 Å². The molecule has 5 rings (SSSR count). The van der Waals surface area contributed by atoms with E-state index < -0.39 is 35.2 Å². The number of hydrogen-bond acceptors (Lipinski definition) is 5. The van der Waals surface area contributed by atoms with Crippen LogP contribution in [0.3, 0.4) is 0 Å². The maximum absolute atomic E-state index is 14.3. The Bertz CT molecular complexity index is 1790. The largest absolute Gasteiger partial charge is 0.479 e. The predicted octanol–water partition coefficient (Wildman–Crippen LogP) is 6.94.